The van der Waals surface area contributed by atoms with Crippen molar-refractivity contribution in [2.45, 2.75) is 55.6 Å². The maximum Gasteiger partial charge on any atom is 0.303 e. The van der Waals surface area contributed by atoms with Crippen molar-refractivity contribution in [2.24, 2.45) is 0 Å². The van der Waals surface area contributed by atoms with Crippen LogP contribution in [0.15, 0.2) is 76.7 Å². The Morgan fingerprint density at radius 3 is 2.46 bits per heavy atom. The molecule has 0 spiro atoms. The van der Waals surface area contributed by atoms with Gasteiger partial charge < -0.3 is 15.3 Å². The fourth-order valence-electron chi connectivity index (χ4n) is 5.28. The number of aliphatic carboxylic acids is 1. The number of amides is 2. The summed E-state index contributed by atoms with van der Waals surface area (Å²) in [7, 11) is 0. The summed E-state index contributed by atoms with van der Waals surface area (Å²) >= 11 is 1.27. The van der Waals surface area contributed by atoms with Gasteiger partial charge in [0.1, 0.15) is 5.25 Å². The second-order valence-electron chi connectivity index (χ2n) is 10.1. The van der Waals surface area contributed by atoms with Crippen LogP contribution in [0.2, 0.25) is 0 Å². The Kier molecular flexibility index (Phi) is 8.68. The van der Waals surface area contributed by atoms with Crippen molar-refractivity contribution in [3.63, 3.8) is 0 Å². The molecule has 0 saturated carbocycles. The molecule has 1 saturated heterocycles. The smallest absolute Gasteiger partial charge is 0.303 e. The molecule has 1 aliphatic rings. The molecule has 0 radical (unpaired) electrons. The average molecular weight is 573 g/mol. The molecule has 3 aromatic carbocycles. The summed E-state index contributed by atoms with van der Waals surface area (Å²) in [5, 5.41) is 13.9. The van der Waals surface area contributed by atoms with E-state index in [0.29, 0.717) is 29.1 Å². The number of carboxylic acids is 1. The maximum absolute atomic E-state index is 14.1. The molecular formula is C31H32N4O5S. The molecule has 4 aromatic rings. The van der Waals surface area contributed by atoms with Gasteiger partial charge >= 0.3 is 5.97 Å². The summed E-state index contributed by atoms with van der Waals surface area (Å²) in [6.45, 7) is 3.11. The lowest BCUT2D eigenvalue weighted by Gasteiger charge is -2.29. The molecule has 212 valence electrons. The predicted octanol–water partition coefficient (Wildman–Crippen LogP) is 4.38. The van der Waals surface area contributed by atoms with Crippen molar-refractivity contribution in [2.75, 3.05) is 13.1 Å². The van der Waals surface area contributed by atoms with Gasteiger partial charge in [0, 0.05) is 32.1 Å². The van der Waals surface area contributed by atoms with Gasteiger partial charge in [-0.25, -0.2) is 4.98 Å². The number of thioether (sulfide) groups is 1. The van der Waals surface area contributed by atoms with E-state index in [9.17, 15) is 19.2 Å². The molecule has 41 heavy (non-hydrogen) atoms. The third kappa shape index (κ3) is 6.27. The summed E-state index contributed by atoms with van der Waals surface area (Å²) in [6, 6.07) is 20.9. The van der Waals surface area contributed by atoms with Gasteiger partial charge in [-0.15, -0.1) is 0 Å². The number of aromatic nitrogens is 2. The molecule has 0 bridgehead atoms. The zero-order valence-corrected chi connectivity index (χ0v) is 23.6. The van der Waals surface area contributed by atoms with Gasteiger partial charge in [-0.3, -0.25) is 23.7 Å². The van der Waals surface area contributed by atoms with E-state index in [1.807, 2.05) is 73.7 Å². The van der Waals surface area contributed by atoms with E-state index in [4.69, 9.17) is 10.1 Å². The average Bonchev–Trinajstić information content (AvgIpc) is 3.46. The first-order chi connectivity index (χ1) is 19.9. The van der Waals surface area contributed by atoms with Gasteiger partial charge in [-0.2, -0.15) is 0 Å². The fraction of sp³-hybridized carbons (Fsp3) is 0.323. The summed E-state index contributed by atoms with van der Waals surface area (Å²) in [6.07, 6.45) is 1.20. The van der Waals surface area contributed by atoms with Crippen molar-refractivity contribution < 1.29 is 19.5 Å². The van der Waals surface area contributed by atoms with Crippen molar-refractivity contribution in [1.82, 2.24) is 19.8 Å². The van der Waals surface area contributed by atoms with E-state index in [-0.39, 0.29) is 42.8 Å². The first kappa shape index (κ1) is 28.4. The molecule has 10 heteroatoms. The van der Waals surface area contributed by atoms with Crippen LogP contribution in [0, 0.1) is 0 Å². The minimum Gasteiger partial charge on any atom is -0.481 e. The van der Waals surface area contributed by atoms with Crippen LogP contribution < -0.4 is 10.9 Å². The first-order valence-corrected chi connectivity index (χ1v) is 14.7. The molecule has 1 aromatic heterocycles. The maximum atomic E-state index is 14.1. The molecule has 5 rings (SSSR count). The van der Waals surface area contributed by atoms with Gasteiger partial charge in [0.15, 0.2) is 5.16 Å². The lowest BCUT2D eigenvalue weighted by atomic mass is 10.1. The van der Waals surface area contributed by atoms with Gasteiger partial charge in [0.05, 0.1) is 17.3 Å². The van der Waals surface area contributed by atoms with E-state index >= 15 is 0 Å². The molecular weight excluding hydrogens is 540 g/mol. The van der Waals surface area contributed by atoms with Gasteiger partial charge in [0.2, 0.25) is 11.8 Å². The lowest BCUT2D eigenvalue weighted by Crippen LogP contribution is -2.44. The van der Waals surface area contributed by atoms with Gasteiger partial charge in [-0.1, -0.05) is 66.4 Å². The van der Waals surface area contributed by atoms with Crippen molar-refractivity contribution in [1.29, 1.82) is 0 Å². The van der Waals surface area contributed by atoms with Crippen LogP contribution >= 0.6 is 11.8 Å². The highest BCUT2D eigenvalue weighted by atomic mass is 32.2. The van der Waals surface area contributed by atoms with E-state index < -0.39 is 11.2 Å². The number of nitrogens with zero attached hydrogens (tertiary/aromatic N) is 3. The predicted molar refractivity (Wildman–Crippen MR) is 159 cm³/mol. The third-order valence-electron chi connectivity index (χ3n) is 7.41. The van der Waals surface area contributed by atoms with Crippen LogP contribution in [0.25, 0.3) is 21.7 Å². The number of carbonyl (C=O) groups excluding carboxylic acids is 2. The van der Waals surface area contributed by atoms with E-state index in [1.165, 1.54) is 11.8 Å². The highest BCUT2D eigenvalue weighted by Gasteiger charge is 2.35. The first-order valence-electron chi connectivity index (χ1n) is 13.8. The lowest BCUT2D eigenvalue weighted by molar-refractivity contribution is -0.138. The van der Waals surface area contributed by atoms with E-state index in [2.05, 4.69) is 5.32 Å². The number of carbonyl (C=O) groups is 3. The van der Waals surface area contributed by atoms with Crippen molar-refractivity contribution in [3.8, 4) is 0 Å². The molecule has 1 fully saturated rings. The van der Waals surface area contributed by atoms with Crippen LogP contribution in [0.3, 0.4) is 0 Å². The number of benzene rings is 3. The number of hydrogen-bond donors (Lipinski definition) is 2. The Balaban J connectivity index is 1.46. The number of rotatable bonds is 10. The standard InChI is InChI=1S/C31H32N4O5S/c1-2-34-29(39)24-17-21-11-6-7-12-22(21)18-25(24)33-31(34)41-28(20-9-4-3-5-10-20)30(40)35-16-8-13-23(35)19-32-26(36)14-15-27(37)38/h3-7,9-12,17-18,23,28H,2,8,13-16,19H2,1H3,(H,32,36)(H,37,38)/t23-,28?/m1/s1. The number of nitrogens with one attached hydrogen (secondary N) is 1. The highest BCUT2D eigenvalue weighted by Crippen LogP contribution is 2.38. The number of carboxylic acid groups (broad SMARTS) is 1. The molecule has 0 aliphatic carbocycles. The van der Waals surface area contributed by atoms with Crippen LogP contribution in [0.1, 0.15) is 43.4 Å². The summed E-state index contributed by atoms with van der Waals surface area (Å²) in [5.41, 5.74) is 1.24. The zero-order valence-electron chi connectivity index (χ0n) is 22.8. The molecule has 2 heterocycles. The molecule has 9 nitrogen and oxygen atoms in total. The van der Waals surface area contributed by atoms with Gasteiger partial charge in [-0.05, 0) is 48.2 Å². The SMILES string of the molecule is CCn1c(SC(C(=O)N2CCC[C@@H]2CNC(=O)CCC(=O)O)c2ccccc2)nc2cc3ccccc3cc2c1=O. The van der Waals surface area contributed by atoms with Crippen molar-refractivity contribution >= 4 is 51.2 Å². The van der Waals surface area contributed by atoms with Crippen LogP contribution in [0.4, 0.5) is 0 Å². The van der Waals surface area contributed by atoms with E-state index in [0.717, 1.165) is 29.2 Å². The third-order valence-corrected chi connectivity index (χ3v) is 8.65. The molecule has 2 amide bonds. The van der Waals surface area contributed by atoms with Crippen molar-refractivity contribution in [3.05, 3.63) is 82.6 Å². The minimum atomic E-state index is -1.03. The highest BCUT2D eigenvalue weighted by molar-refractivity contribution is 8.00. The Labute approximate surface area is 241 Å². The van der Waals surface area contributed by atoms with E-state index in [1.54, 1.807) is 9.47 Å². The largest absolute Gasteiger partial charge is 0.481 e. The number of fused-ring (bicyclic) bond motifs is 2. The number of hydrogen-bond acceptors (Lipinski definition) is 6. The number of likely N-dealkylation sites (tertiary alicyclic amines) is 1. The summed E-state index contributed by atoms with van der Waals surface area (Å²) in [4.78, 5) is 57.4. The van der Waals surface area contributed by atoms with Crippen LogP contribution in [-0.2, 0) is 20.9 Å². The topological polar surface area (TPSA) is 122 Å². The Morgan fingerprint density at radius 1 is 1.05 bits per heavy atom. The molecule has 1 unspecified atom stereocenters. The Hall–Kier alpha value is -4.18. The second kappa shape index (κ2) is 12.6. The molecule has 1 aliphatic heterocycles. The second-order valence-corrected chi connectivity index (χ2v) is 11.2. The van der Waals surface area contributed by atoms with Gasteiger partial charge in [0.25, 0.3) is 5.56 Å². The minimum absolute atomic E-state index is 0.101. The van der Waals surface area contributed by atoms with Crippen LogP contribution in [-0.4, -0.2) is 56.5 Å². The quantitative estimate of drug-likeness (QED) is 0.164. The molecule has 2 N–H and O–H groups in total. The summed E-state index contributed by atoms with van der Waals surface area (Å²) < 4.78 is 1.62. The van der Waals surface area contributed by atoms with Crippen LogP contribution in [0.5, 0.6) is 0 Å². The Bertz CT molecular complexity index is 1660. The fourth-order valence-corrected chi connectivity index (χ4v) is 6.51. The zero-order chi connectivity index (χ0) is 28.9. The Morgan fingerprint density at radius 2 is 1.76 bits per heavy atom. The normalized spacial score (nSPS) is 15.7. The monoisotopic (exact) mass is 572 g/mol. The molecule has 2 atom stereocenters. The summed E-state index contributed by atoms with van der Waals surface area (Å²) in [5.74, 6) is -1.49.